The van der Waals surface area contributed by atoms with Crippen molar-refractivity contribution in [1.82, 2.24) is 4.90 Å². The summed E-state index contributed by atoms with van der Waals surface area (Å²) in [4.78, 5) is 41.2. The van der Waals surface area contributed by atoms with Crippen LogP contribution in [0.2, 0.25) is 0 Å². The molecule has 2 aliphatic rings. The fraction of sp³-hybridized carbons (Fsp3) is 0.375. The van der Waals surface area contributed by atoms with Crippen molar-refractivity contribution in [2.75, 3.05) is 17.3 Å². The second-order valence-corrected chi connectivity index (χ2v) is 8.84. The number of aryl methyl sites for hydroxylation is 1. The van der Waals surface area contributed by atoms with Crippen LogP contribution in [0.4, 0.5) is 15.8 Å². The molecule has 0 aliphatic carbocycles. The average molecular weight is 423 g/mol. The molecule has 0 bridgehead atoms. The van der Waals surface area contributed by atoms with E-state index in [4.69, 9.17) is 0 Å². The van der Waals surface area contributed by atoms with Gasteiger partial charge in [-0.1, -0.05) is 18.2 Å². The first kappa shape index (κ1) is 21.0. The maximum Gasteiger partial charge on any atom is 0.247 e. The highest BCUT2D eigenvalue weighted by Crippen LogP contribution is 2.44. The van der Waals surface area contributed by atoms with Crippen LogP contribution in [0.5, 0.6) is 0 Å². The number of anilines is 2. The lowest BCUT2D eigenvalue weighted by atomic mass is 9.85. The normalized spacial score (nSPS) is 19.7. The summed E-state index contributed by atoms with van der Waals surface area (Å²) in [5, 5.41) is 2.92. The molecule has 1 N–H and O–H groups in total. The largest absolute Gasteiger partial charge is 0.326 e. The summed E-state index contributed by atoms with van der Waals surface area (Å²) in [6.07, 6.45) is 0.637. The molecule has 2 aromatic rings. The van der Waals surface area contributed by atoms with E-state index in [1.54, 1.807) is 30.1 Å². The third-order valence-corrected chi connectivity index (χ3v) is 6.35. The zero-order valence-corrected chi connectivity index (χ0v) is 18.2. The fourth-order valence-electron chi connectivity index (χ4n) is 4.65. The number of carbonyl (C=O) groups is 3. The van der Waals surface area contributed by atoms with Crippen molar-refractivity contribution in [2.45, 2.75) is 51.6 Å². The number of fused-ring (bicyclic) bond motifs is 1. The van der Waals surface area contributed by atoms with E-state index in [2.05, 4.69) is 5.32 Å². The van der Waals surface area contributed by atoms with Gasteiger partial charge >= 0.3 is 0 Å². The molecule has 1 atom stereocenters. The molecule has 7 heteroatoms. The summed E-state index contributed by atoms with van der Waals surface area (Å²) in [5.41, 5.74) is 2.90. The van der Waals surface area contributed by atoms with E-state index < -0.39 is 17.3 Å². The number of rotatable bonds is 4. The molecule has 1 saturated heterocycles. The lowest BCUT2D eigenvalue weighted by Crippen LogP contribution is -2.41. The number of likely N-dealkylation sites (N-methyl/N-ethyl adjacent to an activating group) is 1. The van der Waals surface area contributed by atoms with Crippen LogP contribution >= 0.6 is 0 Å². The maximum atomic E-state index is 14.1. The van der Waals surface area contributed by atoms with Crippen LogP contribution in [-0.2, 0) is 26.3 Å². The van der Waals surface area contributed by atoms with Crippen molar-refractivity contribution in [2.24, 2.45) is 0 Å². The quantitative estimate of drug-likeness (QED) is 0.818. The Morgan fingerprint density at radius 2 is 1.94 bits per heavy atom. The number of halogens is 1. The van der Waals surface area contributed by atoms with Crippen molar-refractivity contribution in [3.05, 3.63) is 58.9 Å². The third-order valence-electron chi connectivity index (χ3n) is 6.35. The molecule has 0 radical (unpaired) electrons. The molecule has 3 amide bonds. The van der Waals surface area contributed by atoms with Gasteiger partial charge in [0.25, 0.3) is 0 Å². The summed E-state index contributed by atoms with van der Waals surface area (Å²) in [7, 11) is 1.76. The predicted molar refractivity (Wildman–Crippen MR) is 116 cm³/mol. The minimum absolute atomic E-state index is 0.00605. The summed E-state index contributed by atoms with van der Waals surface area (Å²) >= 11 is 0. The zero-order chi connectivity index (χ0) is 22.5. The van der Waals surface area contributed by atoms with E-state index in [0.717, 1.165) is 16.8 Å². The van der Waals surface area contributed by atoms with Crippen LogP contribution in [0.25, 0.3) is 0 Å². The van der Waals surface area contributed by atoms with E-state index in [-0.39, 0.29) is 30.7 Å². The van der Waals surface area contributed by atoms with E-state index in [9.17, 15) is 18.8 Å². The molecule has 0 aromatic heterocycles. The van der Waals surface area contributed by atoms with Crippen LogP contribution in [0, 0.1) is 12.7 Å². The Morgan fingerprint density at radius 1 is 1.23 bits per heavy atom. The molecule has 162 valence electrons. The molecule has 2 aliphatic heterocycles. The molecule has 4 rings (SSSR count). The Labute approximate surface area is 181 Å². The molecule has 1 fully saturated rings. The summed E-state index contributed by atoms with van der Waals surface area (Å²) in [6, 6.07) is 9.27. The van der Waals surface area contributed by atoms with Crippen LogP contribution in [0.3, 0.4) is 0 Å². The molecular formula is C24H26FN3O3. The van der Waals surface area contributed by atoms with Gasteiger partial charge in [0.15, 0.2) is 0 Å². The standard InChI is InChI=1S/C24H26FN3O3/c1-14-11-16(12-17-21(14)27(4)23(31)24(17,2)3)26-22(30)19-9-10-20(29)28(19)13-15-7-5-6-8-18(15)25/h5-8,11-12,19H,9-10,13H2,1-4H3,(H,26,30). The molecule has 2 aromatic carbocycles. The van der Waals surface area contributed by atoms with E-state index in [0.29, 0.717) is 17.7 Å². The first-order valence-electron chi connectivity index (χ1n) is 10.4. The van der Waals surface area contributed by atoms with Gasteiger partial charge in [-0.15, -0.1) is 0 Å². The SMILES string of the molecule is Cc1cc(NC(=O)C2CCC(=O)N2Cc2ccccc2F)cc2c1N(C)C(=O)C2(C)C. The van der Waals surface area contributed by atoms with E-state index >= 15 is 0 Å². The van der Waals surface area contributed by atoms with E-state index in [1.165, 1.54) is 11.0 Å². The second-order valence-electron chi connectivity index (χ2n) is 8.84. The first-order valence-corrected chi connectivity index (χ1v) is 10.4. The number of carbonyl (C=O) groups excluding carboxylic acids is 3. The fourth-order valence-corrected chi connectivity index (χ4v) is 4.65. The van der Waals surface area contributed by atoms with E-state index in [1.807, 2.05) is 32.9 Å². The number of likely N-dealkylation sites (tertiary alicyclic amines) is 1. The van der Waals surface area contributed by atoms with Gasteiger partial charge in [-0.2, -0.15) is 0 Å². The van der Waals surface area contributed by atoms with Gasteiger partial charge in [0.1, 0.15) is 11.9 Å². The van der Waals surface area contributed by atoms with Crippen LogP contribution in [0.15, 0.2) is 36.4 Å². The van der Waals surface area contributed by atoms with Crippen molar-refractivity contribution < 1.29 is 18.8 Å². The van der Waals surface area contributed by atoms with Crippen molar-refractivity contribution >= 4 is 29.1 Å². The average Bonchev–Trinajstić information content (AvgIpc) is 3.15. The van der Waals surface area contributed by atoms with Gasteiger partial charge < -0.3 is 15.1 Å². The summed E-state index contributed by atoms with van der Waals surface area (Å²) in [5.74, 6) is -0.864. The molecule has 2 heterocycles. The number of benzene rings is 2. The monoisotopic (exact) mass is 423 g/mol. The zero-order valence-electron chi connectivity index (χ0n) is 18.2. The van der Waals surface area contributed by atoms with Crippen molar-refractivity contribution in [3.63, 3.8) is 0 Å². The Bertz CT molecular complexity index is 1100. The van der Waals surface area contributed by atoms with Crippen molar-refractivity contribution in [3.8, 4) is 0 Å². The number of nitrogens with zero attached hydrogens (tertiary/aromatic N) is 2. The molecule has 6 nitrogen and oxygen atoms in total. The van der Waals surface area contributed by atoms with Gasteiger partial charge in [-0.05, 0) is 56.5 Å². The number of nitrogens with one attached hydrogen (secondary N) is 1. The maximum absolute atomic E-state index is 14.1. The van der Waals surface area contributed by atoms with Gasteiger partial charge in [-0.3, -0.25) is 14.4 Å². The Morgan fingerprint density at radius 3 is 2.65 bits per heavy atom. The predicted octanol–water partition coefficient (Wildman–Crippen LogP) is 3.52. The smallest absolute Gasteiger partial charge is 0.247 e. The molecule has 1 unspecified atom stereocenters. The molecular weight excluding hydrogens is 397 g/mol. The molecule has 0 spiro atoms. The second kappa shape index (κ2) is 7.48. The lowest BCUT2D eigenvalue weighted by Gasteiger charge is -2.25. The highest BCUT2D eigenvalue weighted by atomic mass is 19.1. The van der Waals surface area contributed by atoms with Gasteiger partial charge in [-0.25, -0.2) is 4.39 Å². The Balaban J connectivity index is 1.58. The highest BCUT2D eigenvalue weighted by Gasteiger charge is 2.43. The number of amides is 3. The minimum atomic E-state index is -0.685. The summed E-state index contributed by atoms with van der Waals surface area (Å²) in [6.45, 7) is 5.70. The lowest BCUT2D eigenvalue weighted by molar-refractivity contribution is -0.133. The Kier molecular flexibility index (Phi) is 5.07. The van der Waals surface area contributed by atoms with Gasteiger partial charge in [0, 0.05) is 31.3 Å². The number of hydrogen-bond donors (Lipinski definition) is 1. The Hall–Kier alpha value is -3.22. The molecule has 31 heavy (non-hydrogen) atoms. The van der Waals surface area contributed by atoms with Crippen LogP contribution < -0.4 is 10.2 Å². The van der Waals surface area contributed by atoms with Gasteiger partial charge in [0.2, 0.25) is 17.7 Å². The number of hydrogen-bond acceptors (Lipinski definition) is 3. The third kappa shape index (κ3) is 3.48. The van der Waals surface area contributed by atoms with Crippen molar-refractivity contribution in [1.29, 1.82) is 0 Å². The van der Waals surface area contributed by atoms with Crippen LogP contribution in [0.1, 0.15) is 43.4 Å². The van der Waals surface area contributed by atoms with Gasteiger partial charge in [0.05, 0.1) is 11.1 Å². The van der Waals surface area contributed by atoms with Crippen LogP contribution in [-0.4, -0.2) is 35.7 Å². The first-order chi connectivity index (χ1) is 14.6. The summed E-state index contributed by atoms with van der Waals surface area (Å²) < 4.78 is 14.1. The highest BCUT2D eigenvalue weighted by molar-refractivity contribution is 6.09. The molecule has 0 saturated carbocycles. The topological polar surface area (TPSA) is 69.7 Å². The minimum Gasteiger partial charge on any atom is -0.326 e.